The van der Waals surface area contributed by atoms with Crippen LogP contribution in [0.3, 0.4) is 0 Å². The minimum Gasteiger partial charge on any atom is -0.454 e. The summed E-state index contributed by atoms with van der Waals surface area (Å²) in [5.41, 5.74) is 1.05. The molecule has 1 aliphatic heterocycles. The van der Waals surface area contributed by atoms with E-state index >= 15 is 0 Å². The van der Waals surface area contributed by atoms with Crippen LogP contribution in [-0.4, -0.2) is 22.5 Å². The lowest BCUT2D eigenvalue weighted by atomic mass is 9.87. The van der Waals surface area contributed by atoms with Gasteiger partial charge in [-0.05, 0) is 36.6 Å². The summed E-state index contributed by atoms with van der Waals surface area (Å²) < 4.78 is 12.3. The van der Waals surface area contributed by atoms with Gasteiger partial charge in [-0.25, -0.2) is 4.68 Å². The van der Waals surface area contributed by atoms with Crippen LogP contribution >= 0.6 is 0 Å². The first-order valence-electron chi connectivity index (χ1n) is 10.2. The number of amides is 1. The SMILES string of the molecule is Cn1nc(CC(=O)NC2(c3ccc4c(c3)OCO4)CCCC2)c2ccccc2c1=O. The largest absolute Gasteiger partial charge is 0.454 e. The Morgan fingerprint density at radius 3 is 2.63 bits per heavy atom. The van der Waals surface area contributed by atoms with Crippen molar-refractivity contribution in [3.63, 3.8) is 0 Å². The smallest absolute Gasteiger partial charge is 0.274 e. The molecular formula is C23H23N3O4. The predicted octanol–water partition coefficient (Wildman–Crippen LogP) is 2.79. The van der Waals surface area contributed by atoms with Crippen molar-refractivity contribution in [2.45, 2.75) is 37.6 Å². The molecule has 1 N–H and O–H groups in total. The molecule has 0 radical (unpaired) electrons. The maximum Gasteiger partial charge on any atom is 0.274 e. The highest BCUT2D eigenvalue weighted by Crippen LogP contribution is 2.43. The molecule has 5 rings (SSSR count). The number of rotatable bonds is 4. The molecule has 3 aromatic rings. The summed E-state index contributed by atoms with van der Waals surface area (Å²) in [6, 6.07) is 13.2. The molecule has 0 atom stereocenters. The Balaban J connectivity index is 1.45. The number of fused-ring (bicyclic) bond motifs is 2. The van der Waals surface area contributed by atoms with Crippen LogP contribution in [0.25, 0.3) is 10.8 Å². The molecule has 2 aromatic carbocycles. The number of nitrogens with zero attached hydrogens (tertiary/aromatic N) is 2. The van der Waals surface area contributed by atoms with Gasteiger partial charge in [-0.1, -0.05) is 37.1 Å². The zero-order chi connectivity index (χ0) is 20.7. The van der Waals surface area contributed by atoms with Crippen LogP contribution in [0.1, 0.15) is 36.9 Å². The first-order chi connectivity index (χ1) is 14.6. The fourth-order valence-electron chi connectivity index (χ4n) is 4.63. The van der Waals surface area contributed by atoms with Gasteiger partial charge in [0.2, 0.25) is 12.7 Å². The van der Waals surface area contributed by atoms with Crippen molar-refractivity contribution in [2.75, 3.05) is 6.79 Å². The lowest BCUT2D eigenvalue weighted by molar-refractivity contribution is -0.122. The van der Waals surface area contributed by atoms with Crippen LogP contribution in [0.4, 0.5) is 0 Å². The molecular weight excluding hydrogens is 382 g/mol. The highest BCUT2D eigenvalue weighted by molar-refractivity contribution is 5.88. The van der Waals surface area contributed by atoms with Gasteiger partial charge in [0.25, 0.3) is 5.56 Å². The van der Waals surface area contributed by atoms with Crippen LogP contribution in [-0.2, 0) is 23.8 Å². The molecule has 1 fully saturated rings. The molecule has 1 saturated carbocycles. The Bertz CT molecular complexity index is 1190. The third kappa shape index (κ3) is 3.10. The first-order valence-corrected chi connectivity index (χ1v) is 10.2. The summed E-state index contributed by atoms with van der Waals surface area (Å²) in [5, 5.41) is 8.94. The zero-order valence-electron chi connectivity index (χ0n) is 16.8. The lowest BCUT2D eigenvalue weighted by Gasteiger charge is -2.31. The summed E-state index contributed by atoms with van der Waals surface area (Å²) in [6.07, 6.45) is 3.96. The number of nitrogens with one attached hydrogen (secondary N) is 1. The van der Waals surface area contributed by atoms with Gasteiger partial charge >= 0.3 is 0 Å². The fourth-order valence-corrected chi connectivity index (χ4v) is 4.63. The van der Waals surface area contributed by atoms with Gasteiger partial charge in [-0.3, -0.25) is 9.59 Å². The Morgan fingerprint density at radius 1 is 1.10 bits per heavy atom. The van der Waals surface area contributed by atoms with E-state index in [1.165, 1.54) is 4.68 Å². The molecule has 1 amide bonds. The van der Waals surface area contributed by atoms with Gasteiger partial charge in [0.05, 0.1) is 23.0 Å². The van der Waals surface area contributed by atoms with Gasteiger partial charge < -0.3 is 14.8 Å². The number of benzene rings is 2. The number of hydrogen-bond acceptors (Lipinski definition) is 5. The summed E-state index contributed by atoms with van der Waals surface area (Å²) in [4.78, 5) is 25.5. The number of aryl methyl sites for hydroxylation is 1. The highest BCUT2D eigenvalue weighted by Gasteiger charge is 2.38. The van der Waals surface area contributed by atoms with E-state index in [0.29, 0.717) is 11.1 Å². The zero-order valence-corrected chi connectivity index (χ0v) is 16.8. The lowest BCUT2D eigenvalue weighted by Crippen LogP contribution is -2.44. The van der Waals surface area contributed by atoms with Crippen LogP contribution in [0.15, 0.2) is 47.3 Å². The normalized spacial score (nSPS) is 16.7. The minimum absolute atomic E-state index is 0.106. The van der Waals surface area contributed by atoms with E-state index in [2.05, 4.69) is 10.4 Å². The fraction of sp³-hybridized carbons (Fsp3) is 0.348. The molecule has 1 aliphatic carbocycles. The molecule has 0 bridgehead atoms. The van der Waals surface area contributed by atoms with Crippen molar-refractivity contribution in [3.05, 3.63) is 64.1 Å². The van der Waals surface area contributed by atoms with Crippen molar-refractivity contribution in [1.29, 1.82) is 0 Å². The molecule has 0 spiro atoms. The van der Waals surface area contributed by atoms with Gasteiger partial charge in [0, 0.05) is 12.4 Å². The number of hydrogen-bond donors (Lipinski definition) is 1. The second kappa shape index (κ2) is 7.16. The standard InChI is InChI=1S/C23H23N3O4/c1-26-22(28)17-7-3-2-6-16(17)18(25-26)13-21(27)24-23(10-4-5-11-23)15-8-9-19-20(12-15)30-14-29-19/h2-3,6-9,12H,4-5,10-11,13-14H2,1H3,(H,24,27). The summed E-state index contributed by atoms with van der Waals surface area (Å²) in [6.45, 7) is 0.226. The average molecular weight is 405 g/mol. The second-order valence-corrected chi connectivity index (χ2v) is 8.00. The van der Waals surface area contributed by atoms with Crippen molar-refractivity contribution < 1.29 is 14.3 Å². The number of aromatic nitrogens is 2. The number of carbonyl (C=O) groups is 1. The van der Waals surface area contributed by atoms with Crippen LogP contribution in [0.2, 0.25) is 0 Å². The molecule has 7 nitrogen and oxygen atoms in total. The third-order valence-corrected chi connectivity index (χ3v) is 6.12. The highest BCUT2D eigenvalue weighted by atomic mass is 16.7. The van der Waals surface area contributed by atoms with Crippen LogP contribution < -0.4 is 20.3 Å². The second-order valence-electron chi connectivity index (χ2n) is 8.00. The van der Waals surface area contributed by atoms with Crippen molar-refractivity contribution in [2.24, 2.45) is 7.05 Å². The van der Waals surface area contributed by atoms with Gasteiger partial charge in [-0.2, -0.15) is 5.10 Å². The van der Waals surface area contributed by atoms with Crippen molar-refractivity contribution in [1.82, 2.24) is 15.1 Å². The van der Waals surface area contributed by atoms with E-state index in [1.807, 2.05) is 36.4 Å². The number of carbonyl (C=O) groups excluding carboxylic acids is 1. The maximum atomic E-state index is 13.1. The van der Waals surface area contributed by atoms with E-state index < -0.39 is 5.54 Å². The van der Waals surface area contributed by atoms with E-state index in [1.54, 1.807) is 13.1 Å². The summed E-state index contributed by atoms with van der Waals surface area (Å²) in [7, 11) is 1.61. The molecule has 2 heterocycles. The predicted molar refractivity (Wildman–Crippen MR) is 112 cm³/mol. The first kappa shape index (κ1) is 18.7. The van der Waals surface area contributed by atoms with Crippen molar-refractivity contribution >= 4 is 16.7 Å². The van der Waals surface area contributed by atoms with Crippen LogP contribution in [0, 0.1) is 0 Å². The number of ether oxygens (including phenoxy) is 2. The summed E-state index contributed by atoms with van der Waals surface area (Å²) in [5.74, 6) is 1.35. The topological polar surface area (TPSA) is 82.5 Å². The minimum atomic E-state index is -0.422. The van der Waals surface area contributed by atoms with Gasteiger partial charge in [0.1, 0.15) is 0 Å². The Morgan fingerprint density at radius 2 is 1.83 bits per heavy atom. The molecule has 0 unspecified atom stereocenters. The Kier molecular flexibility index (Phi) is 4.46. The van der Waals surface area contributed by atoms with E-state index in [9.17, 15) is 9.59 Å². The quantitative estimate of drug-likeness (QED) is 0.722. The molecule has 2 aliphatic rings. The molecule has 154 valence electrons. The van der Waals surface area contributed by atoms with E-state index in [4.69, 9.17) is 9.47 Å². The van der Waals surface area contributed by atoms with Crippen LogP contribution in [0.5, 0.6) is 11.5 Å². The van der Waals surface area contributed by atoms with Gasteiger partial charge in [-0.15, -0.1) is 0 Å². The molecule has 30 heavy (non-hydrogen) atoms. The molecule has 1 aromatic heterocycles. The van der Waals surface area contributed by atoms with E-state index in [-0.39, 0.29) is 24.7 Å². The van der Waals surface area contributed by atoms with E-state index in [0.717, 1.165) is 48.1 Å². The monoisotopic (exact) mass is 405 g/mol. The van der Waals surface area contributed by atoms with Crippen molar-refractivity contribution in [3.8, 4) is 11.5 Å². The van der Waals surface area contributed by atoms with Gasteiger partial charge in [0.15, 0.2) is 11.5 Å². The Hall–Kier alpha value is -3.35. The molecule has 0 saturated heterocycles. The molecule has 7 heteroatoms. The third-order valence-electron chi connectivity index (χ3n) is 6.12. The summed E-state index contributed by atoms with van der Waals surface area (Å²) >= 11 is 0. The average Bonchev–Trinajstić information content (AvgIpc) is 3.41. The maximum absolute atomic E-state index is 13.1. The Labute approximate surface area is 173 Å².